The summed E-state index contributed by atoms with van der Waals surface area (Å²) in [6.45, 7) is 3.93. The highest BCUT2D eigenvalue weighted by Crippen LogP contribution is 2.06. The van der Waals surface area contributed by atoms with Gasteiger partial charge < -0.3 is 14.2 Å². The maximum Gasteiger partial charge on any atom is 0.246 e. The van der Waals surface area contributed by atoms with E-state index >= 15 is 0 Å². The summed E-state index contributed by atoms with van der Waals surface area (Å²) >= 11 is 0. The van der Waals surface area contributed by atoms with Crippen molar-refractivity contribution in [1.82, 2.24) is 9.80 Å². The average Bonchev–Trinajstić information content (AvgIpc) is 2.89. The summed E-state index contributed by atoms with van der Waals surface area (Å²) in [6, 6.07) is 3.56. The molecule has 1 aliphatic heterocycles. The van der Waals surface area contributed by atoms with Crippen molar-refractivity contribution >= 4 is 17.9 Å². The zero-order valence-corrected chi connectivity index (χ0v) is 10.3. The monoisotopic (exact) mass is 248 g/mol. The van der Waals surface area contributed by atoms with Gasteiger partial charge in [-0.2, -0.15) is 0 Å². The number of nitrogens with zero attached hydrogens (tertiary/aromatic N) is 2. The molecule has 2 rings (SSSR count). The Bertz CT molecular complexity index is 443. The SMILES string of the molecule is CC(=O)N1CCN(C(=O)/C=C/c2ccco2)CC1. The van der Waals surface area contributed by atoms with Gasteiger partial charge in [0.1, 0.15) is 5.76 Å². The molecule has 0 atom stereocenters. The second-order valence-electron chi connectivity index (χ2n) is 4.18. The summed E-state index contributed by atoms with van der Waals surface area (Å²) < 4.78 is 5.11. The lowest BCUT2D eigenvalue weighted by Crippen LogP contribution is -2.49. The van der Waals surface area contributed by atoms with Gasteiger partial charge in [-0.1, -0.05) is 0 Å². The Kier molecular flexibility index (Phi) is 3.82. The van der Waals surface area contributed by atoms with Crippen molar-refractivity contribution in [2.75, 3.05) is 26.2 Å². The van der Waals surface area contributed by atoms with E-state index in [1.807, 2.05) is 0 Å². The molecule has 0 radical (unpaired) electrons. The fourth-order valence-corrected chi connectivity index (χ4v) is 1.89. The van der Waals surface area contributed by atoms with E-state index in [-0.39, 0.29) is 11.8 Å². The molecular formula is C13H16N2O3. The first-order valence-corrected chi connectivity index (χ1v) is 5.93. The molecule has 1 aliphatic rings. The third-order valence-corrected chi connectivity index (χ3v) is 2.97. The zero-order valence-electron chi connectivity index (χ0n) is 10.3. The number of hydrogen-bond acceptors (Lipinski definition) is 3. The Morgan fingerprint density at radius 1 is 1.22 bits per heavy atom. The molecule has 5 heteroatoms. The van der Waals surface area contributed by atoms with Gasteiger partial charge in [0.05, 0.1) is 6.26 Å². The van der Waals surface area contributed by atoms with Crippen LogP contribution in [0.25, 0.3) is 6.08 Å². The fraction of sp³-hybridized carbons (Fsp3) is 0.385. The van der Waals surface area contributed by atoms with Gasteiger partial charge >= 0.3 is 0 Å². The molecular weight excluding hydrogens is 232 g/mol. The maximum absolute atomic E-state index is 11.9. The molecule has 96 valence electrons. The first kappa shape index (κ1) is 12.4. The van der Waals surface area contributed by atoms with Crippen molar-refractivity contribution in [1.29, 1.82) is 0 Å². The van der Waals surface area contributed by atoms with Gasteiger partial charge in [0, 0.05) is 39.2 Å². The highest BCUT2D eigenvalue weighted by Gasteiger charge is 2.20. The third-order valence-electron chi connectivity index (χ3n) is 2.97. The third kappa shape index (κ3) is 3.00. The first-order valence-electron chi connectivity index (χ1n) is 5.93. The minimum atomic E-state index is -0.0467. The standard InChI is InChI=1S/C13H16N2O3/c1-11(16)14-6-8-15(9-7-14)13(17)5-4-12-3-2-10-18-12/h2-5,10H,6-9H2,1H3/b5-4+. The lowest BCUT2D eigenvalue weighted by molar-refractivity contribution is -0.135. The summed E-state index contributed by atoms with van der Waals surface area (Å²) in [5.74, 6) is 0.675. The van der Waals surface area contributed by atoms with E-state index in [2.05, 4.69) is 0 Å². The van der Waals surface area contributed by atoms with Crippen LogP contribution in [0.4, 0.5) is 0 Å². The van der Waals surface area contributed by atoms with Gasteiger partial charge in [0.25, 0.3) is 0 Å². The van der Waals surface area contributed by atoms with Crippen LogP contribution in [0.3, 0.4) is 0 Å². The van der Waals surface area contributed by atoms with Crippen LogP contribution in [0, 0.1) is 0 Å². The highest BCUT2D eigenvalue weighted by molar-refractivity contribution is 5.91. The minimum absolute atomic E-state index is 0.0467. The molecule has 0 aliphatic carbocycles. The summed E-state index contributed by atoms with van der Waals surface area (Å²) in [6.07, 6.45) is 4.72. The Balaban J connectivity index is 1.86. The van der Waals surface area contributed by atoms with E-state index in [1.54, 1.807) is 41.2 Å². The normalized spacial score (nSPS) is 16.3. The molecule has 1 aromatic rings. The zero-order chi connectivity index (χ0) is 13.0. The maximum atomic E-state index is 11.9. The van der Waals surface area contributed by atoms with Gasteiger partial charge in [-0.05, 0) is 18.2 Å². The smallest absolute Gasteiger partial charge is 0.246 e. The Hall–Kier alpha value is -2.04. The topological polar surface area (TPSA) is 53.8 Å². The van der Waals surface area contributed by atoms with Crippen LogP contribution in [0.5, 0.6) is 0 Å². The lowest BCUT2D eigenvalue weighted by Gasteiger charge is -2.33. The van der Waals surface area contributed by atoms with Crippen molar-refractivity contribution in [2.24, 2.45) is 0 Å². The highest BCUT2D eigenvalue weighted by atomic mass is 16.3. The van der Waals surface area contributed by atoms with Crippen molar-refractivity contribution in [2.45, 2.75) is 6.92 Å². The number of hydrogen-bond donors (Lipinski definition) is 0. The van der Waals surface area contributed by atoms with E-state index in [0.717, 1.165) is 0 Å². The molecule has 2 heterocycles. The van der Waals surface area contributed by atoms with Crippen LogP contribution in [0.15, 0.2) is 28.9 Å². The van der Waals surface area contributed by atoms with Crippen molar-refractivity contribution in [3.63, 3.8) is 0 Å². The van der Waals surface area contributed by atoms with Crippen LogP contribution in [0.2, 0.25) is 0 Å². The molecule has 18 heavy (non-hydrogen) atoms. The van der Waals surface area contributed by atoms with Crippen molar-refractivity contribution < 1.29 is 14.0 Å². The molecule has 0 N–H and O–H groups in total. The van der Waals surface area contributed by atoms with Gasteiger partial charge in [-0.3, -0.25) is 9.59 Å². The predicted octanol–water partition coefficient (Wildman–Crippen LogP) is 0.984. The van der Waals surface area contributed by atoms with Crippen LogP contribution in [-0.2, 0) is 9.59 Å². The molecule has 0 spiro atoms. The number of rotatable bonds is 2. The number of furan rings is 1. The van der Waals surface area contributed by atoms with Crippen molar-refractivity contribution in [3.05, 3.63) is 30.2 Å². The molecule has 1 aromatic heterocycles. The Labute approximate surface area is 106 Å². The fourth-order valence-electron chi connectivity index (χ4n) is 1.89. The van der Waals surface area contributed by atoms with Crippen LogP contribution in [-0.4, -0.2) is 47.8 Å². The van der Waals surface area contributed by atoms with Crippen LogP contribution >= 0.6 is 0 Å². The molecule has 1 fully saturated rings. The molecule has 2 amide bonds. The van der Waals surface area contributed by atoms with E-state index in [0.29, 0.717) is 31.9 Å². The summed E-state index contributed by atoms with van der Waals surface area (Å²) in [4.78, 5) is 26.5. The average molecular weight is 248 g/mol. The number of carbonyl (C=O) groups excluding carboxylic acids is 2. The minimum Gasteiger partial charge on any atom is -0.465 e. The number of carbonyl (C=O) groups is 2. The first-order chi connectivity index (χ1) is 8.66. The Morgan fingerprint density at radius 2 is 1.89 bits per heavy atom. The second-order valence-corrected chi connectivity index (χ2v) is 4.18. The van der Waals surface area contributed by atoms with Crippen LogP contribution in [0.1, 0.15) is 12.7 Å². The predicted molar refractivity (Wildman–Crippen MR) is 66.6 cm³/mol. The van der Waals surface area contributed by atoms with E-state index in [1.165, 1.54) is 6.08 Å². The summed E-state index contributed by atoms with van der Waals surface area (Å²) in [5, 5.41) is 0. The van der Waals surface area contributed by atoms with Gasteiger partial charge in [0.2, 0.25) is 11.8 Å². The van der Waals surface area contributed by atoms with Crippen molar-refractivity contribution in [3.8, 4) is 0 Å². The summed E-state index contributed by atoms with van der Waals surface area (Å²) in [7, 11) is 0. The van der Waals surface area contributed by atoms with Gasteiger partial charge in [0.15, 0.2) is 0 Å². The van der Waals surface area contributed by atoms with E-state index in [4.69, 9.17) is 4.42 Å². The molecule has 1 saturated heterocycles. The largest absolute Gasteiger partial charge is 0.465 e. The quantitative estimate of drug-likeness (QED) is 0.733. The van der Waals surface area contributed by atoms with E-state index < -0.39 is 0 Å². The van der Waals surface area contributed by atoms with Gasteiger partial charge in [-0.25, -0.2) is 0 Å². The molecule has 5 nitrogen and oxygen atoms in total. The number of piperazine rings is 1. The number of amides is 2. The van der Waals surface area contributed by atoms with E-state index in [9.17, 15) is 9.59 Å². The Morgan fingerprint density at radius 3 is 2.44 bits per heavy atom. The molecule has 0 saturated carbocycles. The van der Waals surface area contributed by atoms with Crippen LogP contribution < -0.4 is 0 Å². The lowest BCUT2D eigenvalue weighted by atomic mass is 10.3. The molecule has 0 aromatic carbocycles. The van der Waals surface area contributed by atoms with Gasteiger partial charge in [-0.15, -0.1) is 0 Å². The molecule has 0 bridgehead atoms. The summed E-state index contributed by atoms with van der Waals surface area (Å²) in [5.41, 5.74) is 0. The molecule has 0 unspecified atom stereocenters. The second kappa shape index (κ2) is 5.53.